The van der Waals surface area contributed by atoms with Crippen molar-refractivity contribution in [2.75, 3.05) is 26.8 Å². The summed E-state index contributed by atoms with van der Waals surface area (Å²) in [6, 6.07) is 11.8. The van der Waals surface area contributed by atoms with Crippen molar-refractivity contribution in [2.45, 2.75) is 26.0 Å². The number of methoxy groups -OCH3 is 1. The van der Waals surface area contributed by atoms with Crippen LogP contribution in [0.2, 0.25) is 0 Å². The van der Waals surface area contributed by atoms with E-state index in [1.54, 1.807) is 23.5 Å². The molecule has 0 aliphatic carbocycles. The molecule has 1 aromatic heterocycles. The van der Waals surface area contributed by atoms with Gasteiger partial charge in [-0.2, -0.15) is 0 Å². The molecule has 4 rings (SSSR count). The Hall–Kier alpha value is -3.30. The lowest BCUT2D eigenvalue weighted by molar-refractivity contribution is -0.130. The van der Waals surface area contributed by atoms with Crippen molar-refractivity contribution in [1.29, 1.82) is 0 Å². The van der Waals surface area contributed by atoms with Crippen LogP contribution in [0.5, 0.6) is 5.75 Å². The molecule has 3 aromatic rings. The first kappa shape index (κ1) is 23.8. The smallest absolute Gasteiger partial charge is 0.270 e. The fraction of sp³-hybridized carbons (Fsp3) is 0.320. The molecule has 9 heteroatoms. The van der Waals surface area contributed by atoms with Crippen LogP contribution in [0.15, 0.2) is 47.8 Å². The van der Waals surface area contributed by atoms with Crippen LogP contribution >= 0.6 is 11.3 Å². The van der Waals surface area contributed by atoms with E-state index in [2.05, 4.69) is 10.3 Å². The number of amides is 2. The van der Waals surface area contributed by atoms with Crippen molar-refractivity contribution in [3.05, 3.63) is 81.1 Å². The van der Waals surface area contributed by atoms with Gasteiger partial charge in [0.05, 0.1) is 12.6 Å². The lowest BCUT2D eigenvalue weighted by Crippen LogP contribution is -2.39. The van der Waals surface area contributed by atoms with E-state index in [4.69, 9.17) is 9.47 Å². The van der Waals surface area contributed by atoms with Gasteiger partial charge in [0.15, 0.2) is 0 Å². The lowest BCUT2D eigenvalue weighted by Gasteiger charge is -2.37. The van der Waals surface area contributed by atoms with E-state index in [9.17, 15) is 14.0 Å². The van der Waals surface area contributed by atoms with Crippen molar-refractivity contribution >= 4 is 23.2 Å². The van der Waals surface area contributed by atoms with Crippen LogP contribution in [0.25, 0.3) is 0 Å². The number of carbonyl (C=O) groups excluding carboxylic acids is 2. The zero-order valence-electron chi connectivity index (χ0n) is 19.0. The summed E-state index contributed by atoms with van der Waals surface area (Å²) in [4.78, 5) is 30.6. The van der Waals surface area contributed by atoms with Gasteiger partial charge in [-0.3, -0.25) is 9.59 Å². The Kier molecular flexibility index (Phi) is 7.54. The van der Waals surface area contributed by atoms with Crippen molar-refractivity contribution in [2.24, 2.45) is 0 Å². The Morgan fingerprint density at radius 1 is 1.26 bits per heavy atom. The highest BCUT2D eigenvalue weighted by atomic mass is 32.1. The Balaban J connectivity index is 1.52. The Labute approximate surface area is 201 Å². The largest absolute Gasteiger partial charge is 0.486 e. The van der Waals surface area contributed by atoms with Gasteiger partial charge in [0.25, 0.3) is 5.91 Å². The van der Waals surface area contributed by atoms with Gasteiger partial charge in [0, 0.05) is 32.5 Å². The molecule has 1 N–H and O–H groups in total. The first-order chi connectivity index (χ1) is 16.5. The molecule has 7 nitrogen and oxygen atoms in total. The molecule has 0 spiro atoms. The van der Waals surface area contributed by atoms with E-state index < -0.39 is 0 Å². The average Bonchev–Trinajstić information content (AvgIpc) is 3.31. The quantitative estimate of drug-likeness (QED) is 0.494. The maximum atomic E-state index is 14.0. The third-order valence-electron chi connectivity index (χ3n) is 5.65. The van der Waals surface area contributed by atoms with Crippen molar-refractivity contribution in [1.82, 2.24) is 15.2 Å². The maximum absolute atomic E-state index is 14.0. The van der Waals surface area contributed by atoms with E-state index in [0.29, 0.717) is 36.1 Å². The molecule has 2 amide bonds. The van der Waals surface area contributed by atoms with Crippen molar-refractivity contribution in [3.63, 3.8) is 0 Å². The van der Waals surface area contributed by atoms with Gasteiger partial charge in [0.2, 0.25) is 5.91 Å². The number of carbonyl (C=O) groups is 2. The molecule has 0 radical (unpaired) electrons. The van der Waals surface area contributed by atoms with Gasteiger partial charge < -0.3 is 19.7 Å². The number of fused-ring (bicyclic) bond motifs is 1. The topological polar surface area (TPSA) is 80.8 Å². The molecular weight excluding hydrogens is 457 g/mol. The average molecular weight is 484 g/mol. The molecular formula is C25H26FN3O4S. The monoisotopic (exact) mass is 483 g/mol. The molecule has 1 atom stereocenters. The first-order valence-corrected chi connectivity index (χ1v) is 11.8. The molecule has 34 heavy (non-hydrogen) atoms. The van der Waals surface area contributed by atoms with E-state index in [1.807, 2.05) is 24.3 Å². The minimum Gasteiger partial charge on any atom is -0.486 e. The fourth-order valence-corrected chi connectivity index (χ4v) is 4.73. The van der Waals surface area contributed by atoms with Gasteiger partial charge >= 0.3 is 0 Å². The number of nitrogens with zero attached hydrogens (tertiary/aromatic N) is 2. The van der Waals surface area contributed by atoms with Crippen LogP contribution in [0.4, 0.5) is 4.39 Å². The molecule has 0 fully saturated rings. The second-order valence-electron chi connectivity index (χ2n) is 7.94. The number of halogens is 1. The molecule has 1 aliphatic heterocycles. The van der Waals surface area contributed by atoms with Gasteiger partial charge in [-0.05, 0) is 47.4 Å². The first-order valence-electron chi connectivity index (χ1n) is 11.0. The summed E-state index contributed by atoms with van der Waals surface area (Å²) in [6.45, 7) is 3.15. The van der Waals surface area contributed by atoms with Gasteiger partial charge in [0.1, 0.15) is 28.9 Å². The minimum atomic E-state index is -0.386. The summed E-state index contributed by atoms with van der Waals surface area (Å²) >= 11 is 1.35. The zero-order chi connectivity index (χ0) is 24.1. The Morgan fingerprint density at radius 2 is 2.12 bits per heavy atom. The number of benzene rings is 2. The number of rotatable bonds is 8. The van der Waals surface area contributed by atoms with Gasteiger partial charge in [-0.15, -0.1) is 11.3 Å². The number of nitrogens with one attached hydrogen (secondary N) is 1. The summed E-state index contributed by atoms with van der Waals surface area (Å²) in [6.07, 6.45) is 0.717. The van der Waals surface area contributed by atoms with Gasteiger partial charge in [-0.1, -0.05) is 18.2 Å². The molecule has 0 bridgehead atoms. The molecule has 178 valence electrons. The van der Waals surface area contributed by atoms with E-state index in [0.717, 1.165) is 23.1 Å². The lowest BCUT2D eigenvalue weighted by atomic mass is 9.88. The number of thiazole rings is 1. The van der Waals surface area contributed by atoms with Crippen LogP contribution in [0.3, 0.4) is 0 Å². The highest BCUT2D eigenvalue weighted by molar-refractivity contribution is 7.09. The second kappa shape index (κ2) is 10.8. The van der Waals surface area contributed by atoms with Crippen molar-refractivity contribution < 1.29 is 23.5 Å². The standard InChI is InChI=1S/C25H26FN3O4S/c1-16(30)29-10-8-17-6-7-20(13-21(17)24(29)18-4-3-5-19(26)12-18)33-14-23-28-22(15-34-23)25(31)27-9-11-32-2/h3-7,12-13,15,24H,8-11,14H2,1-2H3,(H,27,31)/t24-/m1/s1. The number of hydrogen-bond acceptors (Lipinski definition) is 6. The maximum Gasteiger partial charge on any atom is 0.270 e. The fourth-order valence-electron chi connectivity index (χ4n) is 4.04. The van der Waals surface area contributed by atoms with Gasteiger partial charge in [-0.25, -0.2) is 9.37 Å². The zero-order valence-corrected chi connectivity index (χ0v) is 19.9. The predicted octanol–water partition coefficient (Wildman–Crippen LogP) is 3.73. The summed E-state index contributed by atoms with van der Waals surface area (Å²) in [7, 11) is 1.57. The van der Waals surface area contributed by atoms with E-state index in [1.165, 1.54) is 30.4 Å². The third kappa shape index (κ3) is 5.43. The summed E-state index contributed by atoms with van der Waals surface area (Å²) in [5, 5.41) is 5.10. The van der Waals surface area contributed by atoms with E-state index in [-0.39, 0.29) is 30.3 Å². The number of hydrogen-bond donors (Lipinski definition) is 1. The predicted molar refractivity (Wildman–Crippen MR) is 126 cm³/mol. The molecule has 0 unspecified atom stereocenters. The summed E-state index contributed by atoms with van der Waals surface area (Å²) < 4.78 is 24.9. The minimum absolute atomic E-state index is 0.0645. The van der Waals surface area contributed by atoms with Crippen LogP contribution in [-0.2, 0) is 22.6 Å². The van der Waals surface area contributed by atoms with Crippen LogP contribution in [0.1, 0.15) is 45.2 Å². The molecule has 0 saturated carbocycles. The summed E-state index contributed by atoms with van der Waals surface area (Å²) in [5.74, 6) is -0.0425. The number of aromatic nitrogens is 1. The second-order valence-corrected chi connectivity index (χ2v) is 8.89. The molecule has 1 aliphatic rings. The highest BCUT2D eigenvalue weighted by Gasteiger charge is 2.31. The van der Waals surface area contributed by atoms with Crippen LogP contribution < -0.4 is 10.1 Å². The van der Waals surface area contributed by atoms with Crippen LogP contribution in [0, 0.1) is 5.82 Å². The SMILES string of the molecule is COCCNC(=O)c1csc(COc2ccc3c(c2)[C@@H](c2cccc(F)c2)N(C(C)=O)CC3)n1. The third-order valence-corrected chi connectivity index (χ3v) is 6.48. The Bertz CT molecular complexity index is 1180. The van der Waals surface area contributed by atoms with Crippen molar-refractivity contribution in [3.8, 4) is 5.75 Å². The highest BCUT2D eigenvalue weighted by Crippen LogP contribution is 2.37. The summed E-state index contributed by atoms with van der Waals surface area (Å²) in [5.41, 5.74) is 3.08. The van der Waals surface area contributed by atoms with Crippen LogP contribution in [-0.4, -0.2) is 48.5 Å². The van der Waals surface area contributed by atoms with E-state index >= 15 is 0 Å². The molecule has 2 aromatic carbocycles. The molecule has 2 heterocycles. The Morgan fingerprint density at radius 3 is 2.88 bits per heavy atom. The molecule has 0 saturated heterocycles. The normalized spacial score (nSPS) is 15.0. The number of ether oxygens (including phenoxy) is 2.